The van der Waals surface area contributed by atoms with Crippen molar-refractivity contribution in [2.24, 2.45) is 0 Å². The van der Waals surface area contributed by atoms with Gasteiger partial charge in [0.15, 0.2) is 0 Å². The van der Waals surface area contributed by atoms with E-state index in [-0.39, 0.29) is 5.91 Å². The molecule has 0 bridgehead atoms. The van der Waals surface area contributed by atoms with Crippen LogP contribution in [0.2, 0.25) is 0 Å². The number of hydrogen-bond donors (Lipinski definition) is 0. The summed E-state index contributed by atoms with van der Waals surface area (Å²) in [5.74, 6) is 1.77. The second-order valence-electron chi connectivity index (χ2n) is 6.05. The van der Waals surface area contributed by atoms with Crippen LogP contribution in [0.3, 0.4) is 0 Å². The van der Waals surface area contributed by atoms with Crippen molar-refractivity contribution < 1.29 is 4.79 Å². The lowest BCUT2D eigenvalue weighted by molar-refractivity contribution is -0.129. The van der Waals surface area contributed by atoms with Gasteiger partial charge in [0.2, 0.25) is 11.9 Å². The number of carbonyl (C=O) groups excluding carboxylic acids is 1. The molecule has 3 rings (SSSR count). The maximum Gasteiger partial charge on any atom is 0.227 e. The summed E-state index contributed by atoms with van der Waals surface area (Å²) in [5.41, 5.74) is 1.23. The van der Waals surface area contributed by atoms with Gasteiger partial charge >= 0.3 is 0 Å². The van der Waals surface area contributed by atoms with E-state index in [9.17, 15) is 4.79 Å². The van der Waals surface area contributed by atoms with Gasteiger partial charge in [0.05, 0.1) is 0 Å². The van der Waals surface area contributed by atoms with Crippen LogP contribution in [0.4, 0.5) is 11.8 Å². The Balaban J connectivity index is 1.67. The molecule has 0 saturated carbocycles. The minimum absolute atomic E-state index is 0.139. The summed E-state index contributed by atoms with van der Waals surface area (Å²) in [6, 6.07) is 12.2. The predicted octanol–water partition coefficient (Wildman–Crippen LogP) is 1.78. The summed E-state index contributed by atoms with van der Waals surface area (Å²) in [6.45, 7) is 5.49. The quantitative estimate of drug-likeness (QED) is 0.858. The highest BCUT2D eigenvalue weighted by Crippen LogP contribution is 2.17. The zero-order valence-corrected chi connectivity index (χ0v) is 14.2. The third-order valence-corrected chi connectivity index (χ3v) is 4.28. The van der Waals surface area contributed by atoms with Crippen LogP contribution in [0.1, 0.15) is 12.5 Å². The van der Waals surface area contributed by atoms with Gasteiger partial charge < -0.3 is 14.7 Å². The van der Waals surface area contributed by atoms with E-state index >= 15 is 0 Å². The van der Waals surface area contributed by atoms with Gasteiger partial charge in [0.25, 0.3) is 0 Å². The third kappa shape index (κ3) is 3.82. The van der Waals surface area contributed by atoms with Crippen LogP contribution in [-0.4, -0.2) is 54.0 Å². The molecule has 2 aromatic rings. The second-order valence-corrected chi connectivity index (χ2v) is 6.05. The van der Waals surface area contributed by atoms with Crippen LogP contribution >= 0.6 is 0 Å². The maximum absolute atomic E-state index is 11.4. The molecule has 0 N–H and O–H groups in total. The predicted molar refractivity (Wildman–Crippen MR) is 95.0 cm³/mol. The summed E-state index contributed by atoms with van der Waals surface area (Å²) in [4.78, 5) is 26.7. The summed E-state index contributed by atoms with van der Waals surface area (Å²) in [5, 5.41) is 0. The lowest BCUT2D eigenvalue weighted by Crippen LogP contribution is -2.48. The average Bonchev–Trinajstić information content (AvgIpc) is 2.63. The molecule has 1 amide bonds. The highest BCUT2D eigenvalue weighted by molar-refractivity contribution is 5.73. The molecule has 1 fully saturated rings. The van der Waals surface area contributed by atoms with Crippen molar-refractivity contribution in [3.63, 3.8) is 0 Å². The van der Waals surface area contributed by atoms with E-state index in [1.807, 2.05) is 41.1 Å². The fourth-order valence-electron chi connectivity index (χ4n) is 2.88. The molecule has 0 spiro atoms. The van der Waals surface area contributed by atoms with Gasteiger partial charge in [0, 0.05) is 52.9 Å². The Labute approximate surface area is 142 Å². The molecular formula is C18H23N5O. The van der Waals surface area contributed by atoms with Crippen LogP contribution in [0.5, 0.6) is 0 Å². The van der Waals surface area contributed by atoms with E-state index in [1.54, 1.807) is 13.1 Å². The number of carbonyl (C=O) groups is 1. The molecule has 1 aliphatic rings. The summed E-state index contributed by atoms with van der Waals surface area (Å²) in [7, 11) is 2.00. The zero-order valence-electron chi connectivity index (χ0n) is 14.2. The van der Waals surface area contributed by atoms with Crippen molar-refractivity contribution in [3.05, 3.63) is 48.2 Å². The zero-order chi connectivity index (χ0) is 16.9. The van der Waals surface area contributed by atoms with Gasteiger partial charge in [-0.05, 0) is 11.6 Å². The SMILES string of the molecule is CC(=O)N1CCN(c2ccnc(N(C)Cc3ccccc3)n2)CC1. The molecule has 1 aliphatic heterocycles. The molecule has 24 heavy (non-hydrogen) atoms. The largest absolute Gasteiger partial charge is 0.353 e. The standard InChI is InChI=1S/C18H23N5O/c1-15(24)22-10-12-23(13-11-22)17-8-9-19-18(20-17)21(2)14-16-6-4-3-5-7-16/h3-9H,10-14H2,1-2H3. The molecule has 1 saturated heterocycles. The Kier molecular flexibility index (Phi) is 4.93. The fraction of sp³-hybridized carbons (Fsp3) is 0.389. The van der Waals surface area contributed by atoms with Crippen molar-refractivity contribution in [2.45, 2.75) is 13.5 Å². The first-order valence-corrected chi connectivity index (χ1v) is 8.22. The topological polar surface area (TPSA) is 52.6 Å². The molecule has 6 heteroatoms. The van der Waals surface area contributed by atoms with Gasteiger partial charge in [-0.3, -0.25) is 4.79 Å². The minimum Gasteiger partial charge on any atom is -0.353 e. The minimum atomic E-state index is 0.139. The van der Waals surface area contributed by atoms with Crippen LogP contribution < -0.4 is 9.80 Å². The van der Waals surface area contributed by atoms with Crippen molar-refractivity contribution in [2.75, 3.05) is 43.0 Å². The Morgan fingerprint density at radius 3 is 2.50 bits per heavy atom. The van der Waals surface area contributed by atoms with Gasteiger partial charge in [-0.1, -0.05) is 30.3 Å². The van der Waals surface area contributed by atoms with Gasteiger partial charge in [-0.25, -0.2) is 4.98 Å². The summed E-state index contributed by atoms with van der Waals surface area (Å²) in [6.07, 6.45) is 1.80. The first kappa shape index (κ1) is 16.2. The van der Waals surface area contributed by atoms with Crippen molar-refractivity contribution >= 4 is 17.7 Å². The molecule has 0 atom stereocenters. The first-order chi connectivity index (χ1) is 11.6. The molecule has 126 valence electrons. The van der Waals surface area contributed by atoms with Crippen LogP contribution in [0.15, 0.2) is 42.6 Å². The normalized spacial score (nSPS) is 14.6. The van der Waals surface area contributed by atoms with E-state index in [0.717, 1.165) is 38.5 Å². The van der Waals surface area contributed by atoms with E-state index in [0.29, 0.717) is 5.95 Å². The smallest absolute Gasteiger partial charge is 0.227 e. The number of aromatic nitrogens is 2. The molecule has 2 heterocycles. The first-order valence-electron chi connectivity index (χ1n) is 8.22. The van der Waals surface area contributed by atoms with Gasteiger partial charge in [0.1, 0.15) is 5.82 Å². The Hall–Kier alpha value is -2.63. The highest BCUT2D eigenvalue weighted by atomic mass is 16.2. The summed E-state index contributed by atoms with van der Waals surface area (Å²) < 4.78 is 0. The van der Waals surface area contributed by atoms with Crippen molar-refractivity contribution in [1.29, 1.82) is 0 Å². The fourth-order valence-corrected chi connectivity index (χ4v) is 2.88. The number of piperazine rings is 1. The van der Waals surface area contributed by atoms with Crippen molar-refractivity contribution in [1.82, 2.24) is 14.9 Å². The highest BCUT2D eigenvalue weighted by Gasteiger charge is 2.20. The maximum atomic E-state index is 11.4. The van der Waals surface area contributed by atoms with Crippen molar-refractivity contribution in [3.8, 4) is 0 Å². The van der Waals surface area contributed by atoms with E-state index in [2.05, 4.69) is 22.0 Å². The summed E-state index contributed by atoms with van der Waals surface area (Å²) >= 11 is 0. The Morgan fingerprint density at radius 1 is 1.12 bits per heavy atom. The van der Waals surface area contributed by atoms with Gasteiger partial charge in [-0.2, -0.15) is 4.98 Å². The van der Waals surface area contributed by atoms with Gasteiger partial charge in [-0.15, -0.1) is 0 Å². The van der Waals surface area contributed by atoms with E-state index < -0.39 is 0 Å². The molecule has 0 radical (unpaired) electrons. The molecule has 0 unspecified atom stereocenters. The molecule has 1 aromatic carbocycles. The average molecular weight is 325 g/mol. The second kappa shape index (κ2) is 7.29. The lowest BCUT2D eigenvalue weighted by Gasteiger charge is -2.35. The van der Waals surface area contributed by atoms with E-state index in [1.165, 1.54) is 5.56 Å². The number of nitrogens with zero attached hydrogens (tertiary/aromatic N) is 5. The third-order valence-electron chi connectivity index (χ3n) is 4.28. The Bertz CT molecular complexity index is 683. The number of amides is 1. The monoisotopic (exact) mass is 325 g/mol. The molecular weight excluding hydrogens is 302 g/mol. The number of anilines is 2. The lowest BCUT2D eigenvalue weighted by atomic mass is 10.2. The Morgan fingerprint density at radius 2 is 1.83 bits per heavy atom. The number of hydrogen-bond acceptors (Lipinski definition) is 5. The van der Waals surface area contributed by atoms with Crippen LogP contribution in [-0.2, 0) is 11.3 Å². The molecule has 6 nitrogen and oxygen atoms in total. The number of rotatable bonds is 4. The van der Waals surface area contributed by atoms with E-state index in [4.69, 9.17) is 4.98 Å². The molecule has 0 aliphatic carbocycles. The molecule has 1 aromatic heterocycles. The van der Waals surface area contributed by atoms with Crippen LogP contribution in [0, 0.1) is 0 Å². The van der Waals surface area contributed by atoms with Crippen LogP contribution in [0.25, 0.3) is 0 Å². The number of benzene rings is 1.